The van der Waals surface area contributed by atoms with Gasteiger partial charge in [0.1, 0.15) is 5.82 Å². The first-order valence-electron chi connectivity index (χ1n) is 5.63. The fourth-order valence-corrected chi connectivity index (χ4v) is 1.79. The van der Waals surface area contributed by atoms with E-state index in [-0.39, 0.29) is 25.0 Å². The highest BCUT2D eigenvalue weighted by Gasteiger charge is 2.13. The van der Waals surface area contributed by atoms with Gasteiger partial charge in [-0.3, -0.25) is 4.79 Å². The molecule has 1 rings (SSSR count). The number of nitrogens with one attached hydrogen (secondary N) is 1. The van der Waals surface area contributed by atoms with E-state index in [1.54, 1.807) is 0 Å². The number of carbonyl (C=O) groups excluding carboxylic acids is 1. The number of anilines is 1. The monoisotopic (exact) mass is 318 g/mol. The molecule has 1 unspecified atom stereocenters. The minimum atomic E-state index is -0.409. The van der Waals surface area contributed by atoms with Crippen molar-refractivity contribution < 1.29 is 13.9 Å². The van der Waals surface area contributed by atoms with Crippen molar-refractivity contribution in [2.24, 2.45) is 5.73 Å². The number of nitrogens with two attached hydrogens (primary N) is 1. The second-order valence-corrected chi connectivity index (χ2v) is 4.54. The van der Waals surface area contributed by atoms with Crippen molar-refractivity contribution in [1.29, 1.82) is 0 Å². The molecule has 1 aromatic rings. The number of hydrogen-bond donors (Lipinski definition) is 2. The topological polar surface area (TPSA) is 64.3 Å². The Labute approximate surface area is 114 Å². The number of rotatable bonds is 6. The van der Waals surface area contributed by atoms with E-state index in [9.17, 15) is 9.18 Å². The van der Waals surface area contributed by atoms with E-state index in [2.05, 4.69) is 21.2 Å². The van der Waals surface area contributed by atoms with Crippen LogP contribution in [-0.4, -0.2) is 25.2 Å². The Bertz CT molecular complexity index is 415. The van der Waals surface area contributed by atoms with Crippen molar-refractivity contribution in [2.75, 3.05) is 18.5 Å². The van der Waals surface area contributed by atoms with Crippen LogP contribution < -0.4 is 11.1 Å². The number of halogens is 2. The zero-order valence-corrected chi connectivity index (χ0v) is 11.7. The summed E-state index contributed by atoms with van der Waals surface area (Å²) in [4.78, 5) is 11.7. The standard InChI is InChI=1S/C12H16BrFN2O2/c1-2-18-9(7-15)6-12(17)16-11-5-8(14)3-4-10(11)13/h3-5,9H,2,6-7,15H2,1H3,(H,16,17). The Morgan fingerprint density at radius 2 is 2.33 bits per heavy atom. The number of benzene rings is 1. The van der Waals surface area contributed by atoms with Gasteiger partial charge < -0.3 is 15.8 Å². The first kappa shape index (κ1) is 15.1. The highest BCUT2D eigenvalue weighted by atomic mass is 79.9. The first-order chi connectivity index (χ1) is 8.56. The zero-order valence-electron chi connectivity index (χ0n) is 10.1. The molecule has 0 spiro atoms. The molecule has 4 nitrogen and oxygen atoms in total. The molecule has 0 aromatic heterocycles. The summed E-state index contributed by atoms with van der Waals surface area (Å²) in [5, 5.41) is 2.61. The summed E-state index contributed by atoms with van der Waals surface area (Å²) in [5.74, 6) is -0.668. The Morgan fingerprint density at radius 1 is 1.61 bits per heavy atom. The summed E-state index contributed by atoms with van der Waals surface area (Å²) < 4.78 is 18.9. The van der Waals surface area contributed by atoms with E-state index < -0.39 is 5.82 Å². The van der Waals surface area contributed by atoms with Crippen LogP contribution in [0.3, 0.4) is 0 Å². The van der Waals surface area contributed by atoms with Crippen molar-refractivity contribution in [3.05, 3.63) is 28.5 Å². The predicted molar refractivity (Wildman–Crippen MR) is 71.8 cm³/mol. The van der Waals surface area contributed by atoms with Crippen molar-refractivity contribution in [1.82, 2.24) is 0 Å². The van der Waals surface area contributed by atoms with Gasteiger partial charge in [-0.25, -0.2) is 4.39 Å². The largest absolute Gasteiger partial charge is 0.377 e. The summed E-state index contributed by atoms with van der Waals surface area (Å²) in [6.45, 7) is 2.61. The molecule has 0 fully saturated rings. The average molecular weight is 319 g/mol. The Hall–Kier alpha value is -0.980. The molecule has 3 N–H and O–H groups in total. The van der Waals surface area contributed by atoms with E-state index in [0.717, 1.165) is 0 Å². The van der Waals surface area contributed by atoms with Crippen molar-refractivity contribution >= 4 is 27.5 Å². The molecule has 0 bridgehead atoms. The van der Waals surface area contributed by atoms with Crippen LogP contribution in [0.1, 0.15) is 13.3 Å². The van der Waals surface area contributed by atoms with Crippen LogP contribution in [0.15, 0.2) is 22.7 Å². The molecule has 0 radical (unpaired) electrons. The van der Waals surface area contributed by atoms with E-state index >= 15 is 0 Å². The van der Waals surface area contributed by atoms with Crippen LogP contribution in [0, 0.1) is 5.82 Å². The lowest BCUT2D eigenvalue weighted by atomic mass is 10.2. The molecule has 1 aromatic carbocycles. The second-order valence-electron chi connectivity index (χ2n) is 3.69. The lowest BCUT2D eigenvalue weighted by molar-refractivity contribution is -0.118. The average Bonchev–Trinajstić information content (AvgIpc) is 2.33. The molecule has 6 heteroatoms. The van der Waals surface area contributed by atoms with Crippen LogP contribution in [0.4, 0.5) is 10.1 Å². The molecular formula is C12H16BrFN2O2. The molecule has 100 valence electrons. The van der Waals surface area contributed by atoms with Crippen LogP contribution in [0.2, 0.25) is 0 Å². The quantitative estimate of drug-likeness (QED) is 0.845. The number of amides is 1. The molecule has 0 aliphatic rings. The predicted octanol–water partition coefficient (Wildman–Crippen LogP) is 2.28. The number of hydrogen-bond acceptors (Lipinski definition) is 3. The Balaban J connectivity index is 2.61. The fourth-order valence-electron chi connectivity index (χ4n) is 1.45. The SMILES string of the molecule is CCOC(CN)CC(=O)Nc1cc(F)ccc1Br. The highest BCUT2D eigenvalue weighted by molar-refractivity contribution is 9.10. The molecule has 0 saturated heterocycles. The summed E-state index contributed by atoms with van der Waals surface area (Å²) in [5.41, 5.74) is 5.88. The summed E-state index contributed by atoms with van der Waals surface area (Å²) in [6, 6.07) is 4.09. The van der Waals surface area contributed by atoms with Gasteiger partial charge >= 0.3 is 0 Å². The van der Waals surface area contributed by atoms with Gasteiger partial charge in [0, 0.05) is 17.6 Å². The third-order valence-electron chi connectivity index (χ3n) is 2.28. The molecule has 0 heterocycles. The van der Waals surface area contributed by atoms with Gasteiger partial charge in [0.2, 0.25) is 5.91 Å². The Morgan fingerprint density at radius 3 is 2.94 bits per heavy atom. The molecule has 1 atom stereocenters. The van der Waals surface area contributed by atoms with Gasteiger partial charge in [0.05, 0.1) is 18.2 Å². The third-order valence-corrected chi connectivity index (χ3v) is 2.97. The van der Waals surface area contributed by atoms with E-state index in [1.807, 2.05) is 6.92 Å². The molecule has 18 heavy (non-hydrogen) atoms. The van der Waals surface area contributed by atoms with E-state index in [1.165, 1.54) is 18.2 Å². The van der Waals surface area contributed by atoms with Crippen molar-refractivity contribution in [3.8, 4) is 0 Å². The molecule has 1 amide bonds. The van der Waals surface area contributed by atoms with Crippen molar-refractivity contribution in [3.63, 3.8) is 0 Å². The maximum Gasteiger partial charge on any atom is 0.227 e. The third kappa shape index (κ3) is 4.72. The lowest BCUT2D eigenvalue weighted by Gasteiger charge is -2.14. The maximum atomic E-state index is 13.0. The highest BCUT2D eigenvalue weighted by Crippen LogP contribution is 2.23. The molecule has 0 saturated carbocycles. The van der Waals surface area contributed by atoms with Crippen LogP contribution >= 0.6 is 15.9 Å². The van der Waals surface area contributed by atoms with Crippen molar-refractivity contribution in [2.45, 2.75) is 19.4 Å². The first-order valence-corrected chi connectivity index (χ1v) is 6.42. The zero-order chi connectivity index (χ0) is 13.5. The Kier molecular flexibility index (Phi) is 6.24. The molecule has 0 aliphatic carbocycles. The van der Waals surface area contributed by atoms with Gasteiger partial charge in [-0.2, -0.15) is 0 Å². The fraction of sp³-hybridized carbons (Fsp3) is 0.417. The van der Waals surface area contributed by atoms with Crippen LogP contribution in [0.5, 0.6) is 0 Å². The molecule has 0 aliphatic heterocycles. The molecular weight excluding hydrogens is 303 g/mol. The summed E-state index contributed by atoms with van der Waals surface area (Å²) in [7, 11) is 0. The van der Waals surface area contributed by atoms with Gasteiger partial charge in [-0.1, -0.05) is 0 Å². The minimum Gasteiger partial charge on any atom is -0.377 e. The van der Waals surface area contributed by atoms with Gasteiger partial charge in [-0.05, 0) is 41.1 Å². The van der Waals surface area contributed by atoms with Crippen LogP contribution in [0.25, 0.3) is 0 Å². The lowest BCUT2D eigenvalue weighted by Crippen LogP contribution is -2.29. The van der Waals surface area contributed by atoms with E-state index in [0.29, 0.717) is 16.8 Å². The number of carbonyl (C=O) groups is 1. The maximum absolute atomic E-state index is 13.0. The van der Waals surface area contributed by atoms with Gasteiger partial charge in [0.25, 0.3) is 0 Å². The smallest absolute Gasteiger partial charge is 0.227 e. The second kappa shape index (κ2) is 7.45. The summed E-state index contributed by atoms with van der Waals surface area (Å²) >= 11 is 3.24. The number of ether oxygens (including phenoxy) is 1. The van der Waals surface area contributed by atoms with Gasteiger partial charge in [0.15, 0.2) is 0 Å². The van der Waals surface area contributed by atoms with Crippen LogP contribution in [-0.2, 0) is 9.53 Å². The van der Waals surface area contributed by atoms with E-state index in [4.69, 9.17) is 10.5 Å². The normalized spacial score (nSPS) is 12.2. The minimum absolute atomic E-state index is 0.146. The van der Waals surface area contributed by atoms with Gasteiger partial charge in [-0.15, -0.1) is 0 Å². The summed E-state index contributed by atoms with van der Waals surface area (Å²) in [6.07, 6.45) is -0.171.